The van der Waals surface area contributed by atoms with Crippen LogP contribution in [0.15, 0.2) is 18.2 Å². The van der Waals surface area contributed by atoms with Crippen LogP contribution in [0.4, 0.5) is 13.2 Å². The summed E-state index contributed by atoms with van der Waals surface area (Å²) in [5.41, 5.74) is -0.811. The fraction of sp³-hybridized carbons (Fsp3) is 0.474. The number of carbonyl (C=O) groups is 1. The fourth-order valence-corrected chi connectivity index (χ4v) is 4.64. The summed E-state index contributed by atoms with van der Waals surface area (Å²) in [4.78, 5) is 16.0. The minimum atomic E-state index is -4.52. The number of aryl methyl sites for hydroxylation is 1. The zero-order chi connectivity index (χ0) is 20.3. The highest BCUT2D eigenvalue weighted by atomic mass is 35.5. The number of esters is 1. The lowest BCUT2D eigenvalue weighted by molar-refractivity contribution is -0.143. The predicted molar refractivity (Wildman–Crippen MR) is 96.5 cm³/mol. The maximum absolute atomic E-state index is 13.4. The number of rotatable bonds is 1. The van der Waals surface area contributed by atoms with E-state index in [2.05, 4.69) is 10.3 Å². The fourth-order valence-electron chi connectivity index (χ4n) is 4.14. The number of pyridine rings is 1. The normalized spacial score (nSPS) is 26.9. The summed E-state index contributed by atoms with van der Waals surface area (Å²) in [5.74, 6) is 0.00552. The molecule has 1 saturated heterocycles. The number of para-hydroxylation sites is 1. The van der Waals surface area contributed by atoms with Gasteiger partial charge in [-0.05, 0) is 13.0 Å². The van der Waals surface area contributed by atoms with Crippen molar-refractivity contribution in [2.45, 2.75) is 43.0 Å². The van der Waals surface area contributed by atoms with Gasteiger partial charge in [-0.2, -0.15) is 13.2 Å². The van der Waals surface area contributed by atoms with E-state index >= 15 is 0 Å². The summed E-state index contributed by atoms with van der Waals surface area (Å²) >= 11 is 6.66. The average molecular weight is 415 g/mol. The van der Waals surface area contributed by atoms with Gasteiger partial charge in [0.1, 0.15) is 17.4 Å². The summed E-state index contributed by atoms with van der Waals surface area (Å²) in [7, 11) is 1.31. The van der Waals surface area contributed by atoms with Gasteiger partial charge in [-0.3, -0.25) is 4.79 Å². The van der Waals surface area contributed by atoms with E-state index in [9.17, 15) is 18.0 Å². The Morgan fingerprint density at radius 2 is 2.14 bits per heavy atom. The lowest BCUT2D eigenvalue weighted by atomic mass is 9.86. The molecule has 2 aliphatic rings. The zero-order valence-electron chi connectivity index (χ0n) is 15.2. The Hall–Kier alpha value is -2.06. The van der Waals surface area contributed by atoms with Crippen LogP contribution in [0.5, 0.6) is 5.75 Å². The molecule has 1 N–H and O–H groups in total. The second-order valence-electron chi connectivity index (χ2n) is 7.26. The number of ether oxygens (including phenoxy) is 2. The molecule has 0 aliphatic carbocycles. The lowest BCUT2D eigenvalue weighted by Crippen LogP contribution is -2.42. The Labute approximate surface area is 164 Å². The van der Waals surface area contributed by atoms with Crippen LogP contribution in [0.1, 0.15) is 35.0 Å². The van der Waals surface area contributed by atoms with Crippen LogP contribution >= 0.6 is 11.6 Å². The molecule has 4 rings (SSSR count). The van der Waals surface area contributed by atoms with Gasteiger partial charge < -0.3 is 14.8 Å². The van der Waals surface area contributed by atoms with Crippen LogP contribution in [0.2, 0.25) is 0 Å². The molecule has 1 spiro atoms. The number of halogens is 4. The first-order chi connectivity index (χ1) is 13.1. The van der Waals surface area contributed by atoms with Gasteiger partial charge in [0.05, 0.1) is 29.3 Å². The molecule has 1 aromatic heterocycles. The van der Waals surface area contributed by atoms with Gasteiger partial charge in [-0.25, -0.2) is 4.98 Å². The smallest absolute Gasteiger partial charge is 0.418 e. The molecule has 28 heavy (non-hydrogen) atoms. The summed E-state index contributed by atoms with van der Waals surface area (Å²) in [6.45, 7) is 1.99. The number of hydrogen-bond acceptors (Lipinski definition) is 5. The van der Waals surface area contributed by atoms with Crippen LogP contribution in [0, 0.1) is 6.92 Å². The van der Waals surface area contributed by atoms with E-state index in [-0.39, 0.29) is 11.5 Å². The first-order valence-electron chi connectivity index (χ1n) is 8.80. The molecule has 2 aliphatic heterocycles. The van der Waals surface area contributed by atoms with E-state index in [1.807, 2.05) is 0 Å². The number of methoxy groups -OCH3 is 1. The standard InChI is InChI=1S/C19H18ClF3N2O3/c1-9-16-14(10-4-3-5-11(15(10)25-9)19(21,22)23)12(20)6-18(28-16)7-13(24-8-18)17(26)27-2/h3-5,12-13,24H,6-8H2,1-2H3/t12?,13-,18-/m0/s1. The highest BCUT2D eigenvalue weighted by molar-refractivity contribution is 6.22. The second-order valence-corrected chi connectivity index (χ2v) is 7.78. The van der Waals surface area contributed by atoms with Gasteiger partial charge in [-0.1, -0.05) is 12.1 Å². The van der Waals surface area contributed by atoms with Crippen LogP contribution in [0.3, 0.4) is 0 Å². The van der Waals surface area contributed by atoms with E-state index in [0.717, 1.165) is 6.07 Å². The van der Waals surface area contributed by atoms with Crippen LogP contribution in [-0.2, 0) is 15.7 Å². The SMILES string of the molecule is COC(=O)[C@@H]1C[C@]2(CN1)CC(Cl)c1c(c(C)nc3c(C(F)(F)F)cccc13)O2. The number of hydrogen-bond donors (Lipinski definition) is 1. The van der Waals surface area contributed by atoms with Crippen LogP contribution in [-0.4, -0.2) is 36.3 Å². The molecule has 2 aromatic rings. The molecule has 9 heteroatoms. The predicted octanol–water partition coefficient (Wildman–Crippen LogP) is 3.90. The molecule has 3 heterocycles. The van der Waals surface area contributed by atoms with Gasteiger partial charge in [0, 0.05) is 30.3 Å². The molecular formula is C19H18ClF3N2O3. The molecule has 0 radical (unpaired) electrons. The average Bonchev–Trinajstić information content (AvgIpc) is 3.03. The second kappa shape index (κ2) is 6.49. The number of alkyl halides is 4. The van der Waals surface area contributed by atoms with Crippen molar-refractivity contribution in [2.24, 2.45) is 0 Å². The van der Waals surface area contributed by atoms with Gasteiger partial charge in [0.15, 0.2) is 0 Å². The molecule has 0 bridgehead atoms. The van der Waals surface area contributed by atoms with E-state index in [0.29, 0.717) is 41.8 Å². The van der Waals surface area contributed by atoms with Crippen molar-refractivity contribution in [1.82, 2.24) is 10.3 Å². The zero-order valence-corrected chi connectivity index (χ0v) is 15.9. The molecule has 1 fully saturated rings. The van der Waals surface area contributed by atoms with E-state index in [1.165, 1.54) is 13.2 Å². The van der Waals surface area contributed by atoms with E-state index in [1.54, 1.807) is 13.0 Å². The molecule has 1 unspecified atom stereocenters. The third kappa shape index (κ3) is 2.99. The molecular weight excluding hydrogens is 397 g/mol. The molecule has 150 valence electrons. The number of nitrogens with zero attached hydrogens (tertiary/aromatic N) is 1. The summed E-state index contributed by atoms with van der Waals surface area (Å²) in [6, 6.07) is 3.43. The number of nitrogens with one attached hydrogen (secondary N) is 1. The molecule has 3 atom stereocenters. The Morgan fingerprint density at radius 3 is 2.82 bits per heavy atom. The first kappa shape index (κ1) is 19.3. The summed E-state index contributed by atoms with van der Waals surface area (Å²) < 4.78 is 51.3. The monoisotopic (exact) mass is 414 g/mol. The van der Waals surface area contributed by atoms with Crippen molar-refractivity contribution in [3.63, 3.8) is 0 Å². The summed E-state index contributed by atoms with van der Waals surface area (Å²) in [6.07, 6.45) is -3.80. The Morgan fingerprint density at radius 1 is 1.39 bits per heavy atom. The highest BCUT2D eigenvalue weighted by Crippen LogP contribution is 2.50. The van der Waals surface area contributed by atoms with Crippen molar-refractivity contribution in [1.29, 1.82) is 0 Å². The van der Waals surface area contributed by atoms with Crippen molar-refractivity contribution in [2.75, 3.05) is 13.7 Å². The maximum Gasteiger partial charge on any atom is 0.418 e. The quantitative estimate of drug-likeness (QED) is 0.566. The third-order valence-corrected chi connectivity index (χ3v) is 5.77. The topological polar surface area (TPSA) is 60.5 Å². The molecule has 1 aromatic carbocycles. The Kier molecular flexibility index (Phi) is 4.46. The van der Waals surface area contributed by atoms with Gasteiger partial charge in [0.2, 0.25) is 0 Å². The largest absolute Gasteiger partial charge is 0.484 e. The van der Waals surface area contributed by atoms with Gasteiger partial charge >= 0.3 is 12.1 Å². The van der Waals surface area contributed by atoms with E-state index in [4.69, 9.17) is 21.1 Å². The van der Waals surface area contributed by atoms with Crippen LogP contribution in [0.25, 0.3) is 10.9 Å². The highest BCUT2D eigenvalue weighted by Gasteiger charge is 2.49. The van der Waals surface area contributed by atoms with Crippen molar-refractivity contribution >= 4 is 28.5 Å². The van der Waals surface area contributed by atoms with Gasteiger partial charge in [0.25, 0.3) is 0 Å². The minimum Gasteiger partial charge on any atom is -0.484 e. The number of fused-ring (bicyclic) bond motifs is 3. The van der Waals surface area contributed by atoms with Gasteiger partial charge in [-0.15, -0.1) is 11.6 Å². The molecule has 0 saturated carbocycles. The Bertz CT molecular complexity index is 966. The third-order valence-electron chi connectivity index (χ3n) is 5.40. The van der Waals surface area contributed by atoms with Crippen molar-refractivity contribution < 1.29 is 27.4 Å². The number of carbonyl (C=O) groups excluding carboxylic acids is 1. The summed E-state index contributed by atoms with van der Waals surface area (Å²) in [5, 5.41) is 2.84. The van der Waals surface area contributed by atoms with Crippen molar-refractivity contribution in [3.8, 4) is 5.75 Å². The van der Waals surface area contributed by atoms with E-state index < -0.39 is 28.8 Å². The van der Waals surface area contributed by atoms with Crippen LogP contribution < -0.4 is 10.1 Å². The number of benzene rings is 1. The number of aromatic nitrogens is 1. The minimum absolute atomic E-state index is 0.131. The van der Waals surface area contributed by atoms with Crippen molar-refractivity contribution in [3.05, 3.63) is 35.0 Å². The first-order valence-corrected chi connectivity index (χ1v) is 9.23. The molecule has 0 amide bonds. The molecule has 5 nitrogen and oxygen atoms in total. The maximum atomic E-state index is 13.4. The lowest BCUT2D eigenvalue weighted by Gasteiger charge is -2.38. The Balaban J connectivity index is 1.81.